The maximum atomic E-state index is 12.9. The van der Waals surface area contributed by atoms with Gasteiger partial charge in [-0.2, -0.15) is 0 Å². The van der Waals surface area contributed by atoms with Gasteiger partial charge in [0.25, 0.3) is 0 Å². The van der Waals surface area contributed by atoms with Gasteiger partial charge < -0.3 is 14.2 Å². The van der Waals surface area contributed by atoms with Gasteiger partial charge in [0.05, 0.1) is 0 Å². The van der Waals surface area contributed by atoms with Crippen LogP contribution in [0.3, 0.4) is 0 Å². The zero-order chi connectivity index (χ0) is 57.1. The molecule has 0 aromatic rings. The molecule has 0 aromatic carbocycles. The van der Waals surface area contributed by atoms with Crippen LogP contribution in [0.25, 0.3) is 0 Å². The van der Waals surface area contributed by atoms with Gasteiger partial charge in [-0.05, 0) is 96.3 Å². The van der Waals surface area contributed by atoms with Gasteiger partial charge in [-0.3, -0.25) is 14.4 Å². The second-order valence-electron chi connectivity index (χ2n) is 22.0. The molecule has 79 heavy (non-hydrogen) atoms. The Bertz CT molecular complexity index is 1590. The van der Waals surface area contributed by atoms with E-state index in [0.29, 0.717) is 19.3 Å². The predicted molar refractivity (Wildman–Crippen MR) is 343 cm³/mol. The van der Waals surface area contributed by atoms with Crippen LogP contribution in [0.5, 0.6) is 0 Å². The molecule has 6 nitrogen and oxygen atoms in total. The molecule has 0 N–H and O–H groups in total. The largest absolute Gasteiger partial charge is 0.462 e. The Hall–Kier alpha value is -3.93. The standard InChI is InChI=1S/C73H124O6/c1-4-7-10-13-16-19-22-25-28-30-32-33-34-35-36-37-38-39-41-42-45-48-51-54-57-60-63-66-72(75)78-69-70(68-77-71(74)65-62-59-56-53-50-47-44-27-24-21-18-15-12-9-6-3)79-73(76)67-64-61-58-55-52-49-46-43-40-31-29-26-23-20-17-14-11-8-5-2/h8,11,17,20,22,25-26,29-30,32,34-35,40,43,49,52,58,61,70H,4-7,9-10,12-16,18-19,21,23-24,27-28,31,33,36-39,41-42,44-48,50-51,53-57,59-60,62-69H2,1-3H3/b11-8-,20-17-,25-22-,29-26-,32-30-,35-34-,43-40-,52-49-,61-58-. The average molecular weight is 1100 g/mol. The number of ether oxygens (including phenoxy) is 3. The third-order valence-electron chi connectivity index (χ3n) is 14.3. The number of rotatable bonds is 60. The van der Waals surface area contributed by atoms with Crippen LogP contribution in [0.15, 0.2) is 109 Å². The molecule has 1 unspecified atom stereocenters. The number of carbonyl (C=O) groups excluding carboxylic acids is 3. The summed E-state index contributed by atoms with van der Waals surface area (Å²) >= 11 is 0. The minimum absolute atomic E-state index is 0.107. The van der Waals surface area contributed by atoms with Gasteiger partial charge in [-0.25, -0.2) is 0 Å². The highest BCUT2D eigenvalue weighted by Gasteiger charge is 2.19. The SMILES string of the molecule is CC/C=C\C/C=C\C/C=C\C/C=C\C/C=C\C/C=C\CCC(=O)OC(COC(=O)CCCCCCCCCCCCCC/C=C\C/C=C\C/C=C\CCCCCCC)COC(=O)CCCCCCCCCCCCCCCCC. The Labute approximate surface area is 489 Å². The van der Waals surface area contributed by atoms with Crippen LogP contribution in [0, 0.1) is 0 Å². The predicted octanol–water partition coefficient (Wildman–Crippen LogP) is 23.0. The minimum Gasteiger partial charge on any atom is -0.462 e. The van der Waals surface area contributed by atoms with Gasteiger partial charge in [0.1, 0.15) is 13.2 Å². The minimum atomic E-state index is -0.820. The van der Waals surface area contributed by atoms with Gasteiger partial charge >= 0.3 is 17.9 Å². The Morgan fingerprint density at radius 2 is 0.519 bits per heavy atom. The van der Waals surface area contributed by atoms with Gasteiger partial charge in [0.2, 0.25) is 0 Å². The number of esters is 3. The summed E-state index contributed by atoms with van der Waals surface area (Å²) in [5.41, 5.74) is 0. The number of allylic oxidation sites excluding steroid dienone is 18. The normalized spacial score (nSPS) is 12.8. The Morgan fingerprint density at radius 3 is 0.823 bits per heavy atom. The van der Waals surface area contributed by atoms with E-state index >= 15 is 0 Å². The van der Waals surface area contributed by atoms with Crippen LogP contribution in [0.4, 0.5) is 0 Å². The Morgan fingerprint density at radius 1 is 0.266 bits per heavy atom. The Kier molecular flexibility index (Phi) is 63.3. The van der Waals surface area contributed by atoms with Gasteiger partial charge in [0.15, 0.2) is 6.10 Å². The van der Waals surface area contributed by atoms with Crippen LogP contribution < -0.4 is 0 Å². The van der Waals surface area contributed by atoms with Crippen molar-refractivity contribution in [2.75, 3.05) is 13.2 Å². The van der Waals surface area contributed by atoms with Crippen LogP contribution in [-0.4, -0.2) is 37.2 Å². The van der Waals surface area contributed by atoms with Crippen LogP contribution >= 0.6 is 0 Å². The molecule has 0 heterocycles. The lowest BCUT2D eigenvalue weighted by Crippen LogP contribution is -2.30. The lowest BCUT2D eigenvalue weighted by Gasteiger charge is -2.18. The van der Waals surface area contributed by atoms with Crippen LogP contribution in [0.2, 0.25) is 0 Å². The van der Waals surface area contributed by atoms with Crippen molar-refractivity contribution in [1.82, 2.24) is 0 Å². The van der Waals surface area contributed by atoms with Crippen molar-refractivity contribution in [1.29, 1.82) is 0 Å². The molecule has 0 amide bonds. The van der Waals surface area contributed by atoms with Gasteiger partial charge in [-0.15, -0.1) is 0 Å². The highest BCUT2D eigenvalue weighted by atomic mass is 16.6. The molecule has 0 radical (unpaired) electrons. The summed E-state index contributed by atoms with van der Waals surface area (Å²) in [6.07, 6.45) is 91.1. The van der Waals surface area contributed by atoms with Gasteiger partial charge in [0, 0.05) is 19.3 Å². The molecule has 0 aliphatic heterocycles. The first-order valence-corrected chi connectivity index (χ1v) is 33.4. The smallest absolute Gasteiger partial charge is 0.306 e. The number of hydrogen-bond donors (Lipinski definition) is 0. The Balaban J connectivity index is 4.40. The first kappa shape index (κ1) is 75.1. The number of carbonyl (C=O) groups is 3. The summed E-state index contributed by atoms with van der Waals surface area (Å²) in [5.74, 6) is -0.983. The van der Waals surface area contributed by atoms with Gasteiger partial charge in [-0.1, -0.05) is 310 Å². The highest BCUT2D eigenvalue weighted by Crippen LogP contribution is 2.16. The quantitative estimate of drug-likeness (QED) is 0.0261. The molecule has 0 aliphatic rings. The van der Waals surface area contributed by atoms with Crippen molar-refractivity contribution in [3.8, 4) is 0 Å². The van der Waals surface area contributed by atoms with Crippen molar-refractivity contribution in [3.05, 3.63) is 109 Å². The van der Waals surface area contributed by atoms with Crippen molar-refractivity contribution < 1.29 is 28.6 Å². The third-order valence-corrected chi connectivity index (χ3v) is 14.3. The lowest BCUT2D eigenvalue weighted by atomic mass is 10.0. The molecule has 452 valence electrons. The topological polar surface area (TPSA) is 78.9 Å². The van der Waals surface area contributed by atoms with E-state index in [-0.39, 0.29) is 37.5 Å². The molecule has 0 saturated carbocycles. The summed E-state index contributed by atoms with van der Waals surface area (Å²) in [6.45, 7) is 6.48. The summed E-state index contributed by atoms with van der Waals surface area (Å²) in [7, 11) is 0. The van der Waals surface area contributed by atoms with E-state index in [1.165, 1.54) is 180 Å². The van der Waals surface area contributed by atoms with Crippen molar-refractivity contribution in [3.63, 3.8) is 0 Å². The molecule has 0 saturated heterocycles. The van der Waals surface area contributed by atoms with E-state index in [1.807, 2.05) is 6.08 Å². The molecular weight excluding hydrogens is 973 g/mol. The summed E-state index contributed by atoms with van der Waals surface area (Å²) < 4.78 is 16.9. The molecule has 0 aromatic heterocycles. The van der Waals surface area contributed by atoms with E-state index < -0.39 is 6.10 Å². The first-order valence-electron chi connectivity index (χ1n) is 33.4. The fourth-order valence-electron chi connectivity index (χ4n) is 9.30. The number of unbranched alkanes of at least 4 members (excludes halogenated alkanes) is 31. The summed E-state index contributed by atoms with van der Waals surface area (Å²) in [6, 6.07) is 0. The fourth-order valence-corrected chi connectivity index (χ4v) is 9.30. The third kappa shape index (κ3) is 64.8. The van der Waals surface area contributed by atoms with E-state index in [2.05, 4.69) is 124 Å². The zero-order valence-electron chi connectivity index (χ0n) is 51.9. The highest BCUT2D eigenvalue weighted by molar-refractivity contribution is 5.71. The summed E-state index contributed by atoms with van der Waals surface area (Å²) in [4.78, 5) is 38.3. The van der Waals surface area contributed by atoms with E-state index in [4.69, 9.17) is 14.2 Å². The van der Waals surface area contributed by atoms with Crippen molar-refractivity contribution in [2.45, 2.75) is 322 Å². The van der Waals surface area contributed by atoms with Crippen LogP contribution in [-0.2, 0) is 28.6 Å². The fraction of sp³-hybridized carbons (Fsp3) is 0.712. The first-order chi connectivity index (χ1) is 39.0. The van der Waals surface area contributed by atoms with Crippen molar-refractivity contribution in [2.24, 2.45) is 0 Å². The second-order valence-corrected chi connectivity index (χ2v) is 22.0. The van der Waals surface area contributed by atoms with E-state index in [0.717, 1.165) is 89.9 Å². The molecule has 0 rings (SSSR count). The molecule has 0 bridgehead atoms. The lowest BCUT2D eigenvalue weighted by molar-refractivity contribution is -0.166. The number of hydrogen-bond acceptors (Lipinski definition) is 6. The van der Waals surface area contributed by atoms with Crippen molar-refractivity contribution >= 4 is 17.9 Å². The summed E-state index contributed by atoms with van der Waals surface area (Å²) in [5, 5.41) is 0. The van der Waals surface area contributed by atoms with Crippen LogP contribution in [0.1, 0.15) is 316 Å². The molecule has 0 spiro atoms. The zero-order valence-corrected chi connectivity index (χ0v) is 51.9. The second kappa shape index (κ2) is 66.6. The maximum absolute atomic E-state index is 12.9. The molecule has 6 heteroatoms. The van der Waals surface area contributed by atoms with E-state index in [1.54, 1.807) is 0 Å². The monoisotopic (exact) mass is 1100 g/mol. The molecule has 0 fully saturated rings. The molecule has 1 atom stereocenters. The molecule has 0 aliphatic carbocycles. The van der Waals surface area contributed by atoms with E-state index in [9.17, 15) is 14.4 Å². The molecular formula is C73H124O6. The average Bonchev–Trinajstić information content (AvgIpc) is 3.45. The maximum Gasteiger partial charge on any atom is 0.306 e.